The summed E-state index contributed by atoms with van der Waals surface area (Å²) in [6, 6.07) is 4.26. The first-order chi connectivity index (χ1) is 7.59. The summed E-state index contributed by atoms with van der Waals surface area (Å²) in [7, 11) is 0. The van der Waals surface area contributed by atoms with Crippen LogP contribution in [0.1, 0.15) is 18.7 Å². The Hall–Kier alpha value is -2.24. The maximum Gasteiger partial charge on any atom is 0.330 e. The van der Waals surface area contributed by atoms with Crippen LogP contribution in [0.3, 0.4) is 0 Å². The van der Waals surface area contributed by atoms with Gasteiger partial charge in [-0.25, -0.2) is 4.79 Å². The quantitative estimate of drug-likeness (QED) is 0.763. The molecule has 0 saturated heterocycles. The average Bonchev–Trinajstić information content (AvgIpc) is 2.67. The number of furan rings is 1. The summed E-state index contributed by atoms with van der Waals surface area (Å²) in [5.74, 6) is 0.707. The molecule has 84 valence electrons. The predicted octanol–water partition coefficient (Wildman–Crippen LogP) is 0.321. The predicted molar refractivity (Wildman–Crippen MR) is 58.3 cm³/mol. The van der Waals surface area contributed by atoms with Crippen LogP contribution < -0.4 is 17.0 Å². The number of nitrogen functional groups attached to an aromatic ring is 1. The SMILES string of the molecule is CC(c1ccco1)n1c(N)cc(=O)[nH]c1=O. The Morgan fingerprint density at radius 1 is 1.50 bits per heavy atom. The first-order valence-corrected chi connectivity index (χ1v) is 4.74. The van der Waals surface area contributed by atoms with Crippen molar-refractivity contribution in [2.45, 2.75) is 13.0 Å². The first-order valence-electron chi connectivity index (χ1n) is 4.74. The third kappa shape index (κ3) is 1.65. The minimum atomic E-state index is -0.547. The normalized spacial score (nSPS) is 12.6. The molecule has 0 saturated carbocycles. The van der Waals surface area contributed by atoms with E-state index in [1.807, 2.05) is 0 Å². The second-order valence-corrected chi connectivity index (χ2v) is 3.43. The molecule has 0 radical (unpaired) electrons. The molecule has 6 nitrogen and oxygen atoms in total. The lowest BCUT2D eigenvalue weighted by Gasteiger charge is -2.14. The number of aromatic nitrogens is 2. The lowest BCUT2D eigenvalue weighted by Crippen LogP contribution is -2.33. The highest BCUT2D eigenvalue weighted by molar-refractivity contribution is 5.28. The van der Waals surface area contributed by atoms with Gasteiger partial charge in [0.1, 0.15) is 11.6 Å². The van der Waals surface area contributed by atoms with E-state index in [4.69, 9.17) is 10.2 Å². The number of hydrogen-bond donors (Lipinski definition) is 2. The zero-order valence-corrected chi connectivity index (χ0v) is 8.64. The molecule has 0 aliphatic heterocycles. The second kappa shape index (κ2) is 3.73. The summed E-state index contributed by atoms with van der Waals surface area (Å²) < 4.78 is 6.45. The highest BCUT2D eigenvalue weighted by Gasteiger charge is 2.14. The van der Waals surface area contributed by atoms with Crippen LogP contribution in [0.5, 0.6) is 0 Å². The largest absolute Gasteiger partial charge is 0.467 e. The first kappa shape index (κ1) is 10.3. The van der Waals surface area contributed by atoms with Crippen molar-refractivity contribution in [1.29, 1.82) is 0 Å². The molecule has 0 bridgehead atoms. The number of nitrogens with one attached hydrogen (secondary N) is 1. The van der Waals surface area contributed by atoms with Gasteiger partial charge < -0.3 is 10.2 Å². The van der Waals surface area contributed by atoms with E-state index in [0.717, 1.165) is 0 Å². The Bertz CT molecular complexity index is 595. The van der Waals surface area contributed by atoms with E-state index < -0.39 is 11.2 Å². The zero-order chi connectivity index (χ0) is 11.7. The van der Waals surface area contributed by atoms with Crippen molar-refractivity contribution in [3.05, 3.63) is 51.1 Å². The minimum absolute atomic E-state index is 0.109. The van der Waals surface area contributed by atoms with Crippen LogP contribution in [-0.4, -0.2) is 9.55 Å². The standard InChI is InChI=1S/C10H11N3O3/c1-6(7-3-2-4-16-7)13-8(11)5-9(14)12-10(13)15/h2-6H,11H2,1H3,(H,12,14,15). The molecular weight excluding hydrogens is 210 g/mol. The number of rotatable bonds is 2. The van der Waals surface area contributed by atoms with Gasteiger partial charge in [-0.1, -0.05) is 0 Å². The second-order valence-electron chi connectivity index (χ2n) is 3.43. The van der Waals surface area contributed by atoms with Crippen molar-refractivity contribution in [2.75, 3.05) is 5.73 Å². The molecule has 0 fully saturated rings. The zero-order valence-electron chi connectivity index (χ0n) is 8.64. The van der Waals surface area contributed by atoms with Crippen LogP contribution in [0.25, 0.3) is 0 Å². The number of aromatic amines is 1. The van der Waals surface area contributed by atoms with Gasteiger partial charge in [-0.2, -0.15) is 0 Å². The van der Waals surface area contributed by atoms with Crippen LogP contribution in [0, 0.1) is 0 Å². The van der Waals surface area contributed by atoms with Crippen molar-refractivity contribution in [3.63, 3.8) is 0 Å². The van der Waals surface area contributed by atoms with Gasteiger partial charge in [-0.3, -0.25) is 14.3 Å². The number of H-pyrrole nitrogens is 1. The summed E-state index contributed by atoms with van der Waals surface area (Å²) in [6.07, 6.45) is 1.51. The van der Waals surface area contributed by atoms with E-state index in [1.54, 1.807) is 19.1 Å². The average molecular weight is 221 g/mol. The molecule has 2 heterocycles. The van der Waals surface area contributed by atoms with Gasteiger partial charge in [0.25, 0.3) is 5.56 Å². The Morgan fingerprint density at radius 3 is 2.81 bits per heavy atom. The molecule has 0 spiro atoms. The Balaban J connectivity index is 2.57. The summed E-state index contributed by atoms with van der Waals surface area (Å²) in [4.78, 5) is 24.7. The maximum atomic E-state index is 11.6. The Labute approximate surface area is 90.3 Å². The monoisotopic (exact) mass is 221 g/mol. The van der Waals surface area contributed by atoms with Gasteiger partial charge in [0.15, 0.2) is 0 Å². The molecule has 2 aromatic heterocycles. The van der Waals surface area contributed by atoms with Gasteiger partial charge in [0.05, 0.1) is 12.3 Å². The number of anilines is 1. The van der Waals surface area contributed by atoms with Crippen molar-refractivity contribution in [1.82, 2.24) is 9.55 Å². The Kier molecular flexibility index (Phi) is 2.40. The fourth-order valence-corrected chi connectivity index (χ4v) is 1.58. The summed E-state index contributed by atoms with van der Waals surface area (Å²) in [5.41, 5.74) is 4.57. The van der Waals surface area contributed by atoms with Gasteiger partial charge in [-0.05, 0) is 19.1 Å². The van der Waals surface area contributed by atoms with Crippen LogP contribution in [0.15, 0.2) is 38.5 Å². The van der Waals surface area contributed by atoms with E-state index in [1.165, 1.54) is 16.9 Å². The van der Waals surface area contributed by atoms with Crippen LogP contribution in [0.4, 0.5) is 5.82 Å². The van der Waals surface area contributed by atoms with Gasteiger partial charge in [-0.15, -0.1) is 0 Å². The van der Waals surface area contributed by atoms with Gasteiger partial charge in [0, 0.05) is 6.07 Å². The molecule has 0 aliphatic rings. The van der Waals surface area contributed by atoms with Gasteiger partial charge >= 0.3 is 5.69 Å². The van der Waals surface area contributed by atoms with E-state index in [-0.39, 0.29) is 11.9 Å². The molecule has 0 aromatic carbocycles. The molecule has 3 N–H and O–H groups in total. The third-order valence-electron chi connectivity index (χ3n) is 2.35. The van der Waals surface area contributed by atoms with Crippen molar-refractivity contribution in [2.24, 2.45) is 0 Å². The molecule has 1 atom stereocenters. The molecule has 0 aliphatic carbocycles. The van der Waals surface area contributed by atoms with E-state index >= 15 is 0 Å². The van der Waals surface area contributed by atoms with Crippen LogP contribution >= 0.6 is 0 Å². The number of hydrogen-bond acceptors (Lipinski definition) is 4. The van der Waals surface area contributed by atoms with Gasteiger partial charge in [0.2, 0.25) is 0 Å². The topological polar surface area (TPSA) is 94.0 Å². The lowest BCUT2D eigenvalue weighted by atomic mass is 10.2. The van der Waals surface area contributed by atoms with E-state index in [9.17, 15) is 9.59 Å². The smallest absolute Gasteiger partial charge is 0.330 e. The molecule has 0 amide bonds. The Morgan fingerprint density at radius 2 is 2.25 bits per heavy atom. The summed E-state index contributed by atoms with van der Waals surface area (Å²) >= 11 is 0. The highest BCUT2D eigenvalue weighted by Crippen LogP contribution is 2.17. The number of nitrogens with two attached hydrogens (primary N) is 1. The molecular formula is C10H11N3O3. The minimum Gasteiger partial charge on any atom is -0.467 e. The van der Waals surface area contributed by atoms with Crippen molar-refractivity contribution < 1.29 is 4.42 Å². The van der Waals surface area contributed by atoms with E-state index in [2.05, 4.69) is 4.98 Å². The summed E-state index contributed by atoms with van der Waals surface area (Å²) in [5, 5.41) is 0. The maximum absolute atomic E-state index is 11.6. The summed E-state index contributed by atoms with van der Waals surface area (Å²) in [6.45, 7) is 1.76. The van der Waals surface area contributed by atoms with Crippen LogP contribution in [-0.2, 0) is 0 Å². The van der Waals surface area contributed by atoms with Crippen molar-refractivity contribution in [3.8, 4) is 0 Å². The highest BCUT2D eigenvalue weighted by atomic mass is 16.3. The molecule has 16 heavy (non-hydrogen) atoms. The molecule has 1 unspecified atom stereocenters. The van der Waals surface area contributed by atoms with Crippen LogP contribution in [0.2, 0.25) is 0 Å². The lowest BCUT2D eigenvalue weighted by molar-refractivity contribution is 0.439. The molecule has 6 heteroatoms. The molecule has 2 aromatic rings. The fourth-order valence-electron chi connectivity index (χ4n) is 1.58. The fraction of sp³-hybridized carbons (Fsp3) is 0.200. The van der Waals surface area contributed by atoms with Crippen molar-refractivity contribution >= 4 is 5.82 Å². The third-order valence-corrected chi connectivity index (χ3v) is 2.35. The molecule has 2 rings (SSSR count). The van der Waals surface area contributed by atoms with E-state index in [0.29, 0.717) is 5.76 Å². The number of nitrogens with zero attached hydrogens (tertiary/aromatic N) is 1.